The van der Waals surface area contributed by atoms with Gasteiger partial charge in [-0.05, 0) is 0 Å². The fourth-order valence-electron chi connectivity index (χ4n) is 0.514. The maximum atomic E-state index is 10.5. The molecule has 0 aromatic rings. The number of hydrogen-bond acceptors (Lipinski definition) is 4. The molecule has 0 aromatic carbocycles. The third kappa shape index (κ3) is 0.883. The molecule has 5 nitrogen and oxygen atoms in total. The highest BCUT2D eigenvalue weighted by atomic mass is 16.7. The summed E-state index contributed by atoms with van der Waals surface area (Å²) in [5.74, 6) is -1.35. The molecule has 2 amide bonds. The highest BCUT2D eigenvalue weighted by Gasteiger charge is 2.25. The molecule has 0 bridgehead atoms. The standard InChI is InChI=1S/C5H2NO4/c7-3-10-6-4(8)1-2-5(6)9/h1-2H. The average Bonchev–Trinajstić information content (AvgIpc) is 2.20. The van der Waals surface area contributed by atoms with E-state index in [-0.39, 0.29) is 0 Å². The van der Waals surface area contributed by atoms with Crippen LogP contribution < -0.4 is 0 Å². The lowest BCUT2D eigenvalue weighted by atomic mass is 10.6. The fraction of sp³-hybridized carbons (Fsp3) is 0. The average molecular weight is 140 g/mol. The highest BCUT2D eigenvalue weighted by Crippen LogP contribution is 2.01. The van der Waals surface area contributed by atoms with E-state index in [0.717, 1.165) is 18.6 Å². The van der Waals surface area contributed by atoms with Crippen molar-refractivity contribution in [3.63, 3.8) is 0 Å². The van der Waals surface area contributed by atoms with Crippen molar-refractivity contribution in [3.05, 3.63) is 12.2 Å². The van der Waals surface area contributed by atoms with Gasteiger partial charge in [-0.15, -0.1) is 0 Å². The summed E-state index contributed by atoms with van der Waals surface area (Å²) in [6, 6.07) is 0. The summed E-state index contributed by atoms with van der Waals surface area (Å²) in [6.45, 7) is 0.965. The largest absolute Gasteiger partial charge is 0.444 e. The van der Waals surface area contributed by atoms with Crippen LogP contribution in [0.15, 0.2) is 12.2 Å². The molecule has 51 valence electrons. The Labute approximate surface area is 55.8 Å². The van der Waals surface area contributed by atoms with E-state index in [1.54, 1.807) is 0 Å². The first-order valence-corrected chi connectivity index (χ1v) is 2.36. The molecular formula is C5H2NO4. The predicted molar refractivity (Wildman–Crippen MR) is 27.8 cm³/mol. The fourth-order valence-corrected chi connectivity index (χ4v) is 0.514. The van der Waals surface area contributed by atoms with Crippen LogP contribution in [0.3, 0.4) is 0 Å². The van der Waals surface area contributed by atoms with Crippen LogP contribution in [0.5, 0.6) is 0 Å². The quantitative estimate of drug-likeness (QED) is 0.457. The summed E-state index contributed by atoms with van der Waals surface area (Å²) in [5.41, 5.74) is 0. The van der Waals surface area contributed by atoms with E-state index in [2.05, 4.69) is 4.84 Å². The molecular weight excluding hydrogens is 138 g/mol. The molecule has 1 heterocycles. The molecule has 1 aliphatic heterocycles. The van der Waals surface area contributed by atoms with Crippen molar-refractivity contribution in [2.45, 2.75) is 0 Å². The van der Waals surface area contributed by atoms with Crippen LogP contribution in [0.1, 0.15) is 0 Å². The van der Waals surface area contributed by atoms with Crippen LogP contribution in [0.2, 0.25) is 0 Å². The summed E-state index contributed by atoms with van der Waals surface area (Å²) in [5, 5.41) is 0.312. The van der Waals surface area contributed by atoms with E-state index in [1.165, 1.54) is 0 Å². The summed E-state index contributed by atoms with van der Waals surface area (Å²) < 4.78 is 0. The normalized spacial score (nSPS) is 16.2. The molecule has 0 aromatic heterocycles. The van der Waals surface area contributed by atoms with Gasteiger partial charge in [-0.1, -0.05) is 5.06 Å². The molecule has 0 N–H and O–H groups in total. The van der Waals surface area contributed by atoms with E-state index in [9.17, 15) is 14.4 Å². The van der Waals surface area contributed by atoms with Gasteiger partial charge in [-0.3, -0.25) is 9.59 Å². The second-order valence-corrected chi connectivity index (χ2v) is 1.48. The second-order valence-electron chi connectivity index (χ2n) is 1.48. The molecule has 0 aliphatic carbocycles. The second kappa shape index (κ2) is 2.30. The van der Waals surface area contributed by atoms with Gasteiger partial charge < -0.3 is 4.84 Å². The Hall–Kier alpha value is -1.65. The van der Waals surface area contributed by atoms with Crippen molar-refractivity contribution >= 4 is 18.3 Å². The minimum atomic E-state index is -0.673. The van der Waals surface area contributed by atoms with E-state index in [0.29, 0.717) is 5.06 Å². The van der Waals surface area contributed by atoms with E-state index < -0.39 is 11.8 Å². The van der Waals surface area contributed by atoms with Gasteiger partial charge in [0.05, 0.1) is 0 Å². The van der Waals surface area contributed by atoms with Crippen LogP contribution in [0, 0.1) is 0 Å². The van der Waals surface area contributed by atoms with Crippen molar-refractivity contribution < 1.29 is 19.2 Å². The lowest BCUT2D eigenvalue weighted by Crippen LogP contribution is -2.29. The Morgan fingerprint density at radius 3 is 2.20 bits per heavy atom. The Kier molecular flexibility index (Phi) is 1.49. The Morgan fingerprint density at radius 1 is 1.30 bits per heavy atom. The topological polar surface area (TPSA) is 63.7 Å². The van der Waals surface area contributed by atoms with Gasteiger partial charge in [0, 0.05) is 12.2 Å². The van der Waals surface area contributed by atoms with E-state index in [1.807, 2.05) is 0 Å². The number of imide groups is 1. The smallest absolute Gasteiger partial charge is 0.318 e. The predicted octanol–water partition coefficient (Wildman–Crippen LogP) is -1.09. The summed E-state index contributed by atoms with van der Waals surface area (Å²) in [4.78, 5) is 34.4. The molecule has 0 fully saturated rings. The first-order valence-electron chi connectivity index (χ1n) is 2.36. The number of carbonyl (C=O) groups is 2. The zero-order chi connectivity index (χ0) is 7.56. The van der Waals surface area contributed by atoms with Crippen molar-refractivity contribution in [2.75, 3.05) is 0 Å². The minimum absolute atomic E-state index is 0.312. The van der Waals surface area contributed by atoms with Gasteiger partial charge in [0.15, 0.2) is 0 Å². The molecule has 0 atom stereocenters. The Balaban J connectivity index is 2.69. The van der Waals surface area contributed by atoms with Gasteiger partial charge in [0.25, 0.3) is 11.8 Å². The number of carbonyl (C=O) groups excluding carboxylic acids is 3. The highest BCUT2D eigenvalue weighted by molar-refractivity contribution is 6.12. The van der Waals surface area contributed by atoms with Crippen LogP contribution in [0.25, 0.3) is 0 Å². The van der Waals surface area contributed by atoms with Gasteiger partial charge in [0.2, 0.25) is 0 Å². The monoisotopic (exact) mass is 140 g/mol. The van der Waals surface area contributed by atoms with Crippen molar-refractivity contribution in [1.29, 1.82) is 0 Å². The number of amides is 2. The van der Waals surface area contributed by atoms with Crippen molar-refractivity contribution in [3.8, 4) is 0 Å². The zero-order valence-electron chi connectivity index (χ0n) is 4.73. The van der Waals surface area contributed by atoms with Gasteiger partial charge in [-0.25, -0.2) is 4.79 Å². The number of nitrogens with zero attached hydrogens (tertiary/aromatic N) is 1. The summed E-state index contributed by atoms with van der Waals surface area (Å²) in [7, 11) is 0. The zero-order valence-corrected chi connectivity index (χ0v) is 4.73. The third-order valence-corrected chi connectivity index (χ3v) is 0.897. The lowest BCUT2D eigenvalue weighted by molar-refractivity contribution is -0.165. The molecule has 0 unspecified atom stereocenters. The molecule has 1 radical (unpaired) electrons. The third-order valence-electron chi connectivity index (χ3n) is 0.897. The van der Waals surface area contributed by atoms with Crippen molar-refractivity contribution in [2.24, 2.45) is 0 Å². The van der Waals surface area contributed by atoms with Crippen LogP contribution in [-0.2, 0) is 19.2 Å². The molecule has 1 rings (SSSR count). The van der Waals surface area contributed by atoms with Crippen molar-refractivity contribution in [1.82, 2.24) is 5.06 Å². The van der Waals surface area contributed by atoms with Crippen LogP contribution in [0.4, 0.5) is 0 Å². The first-order chi connectivity index (χ1) is 4.75. The van der Waals surface area contributed by atoms with E-state index in [4.69, 9.17) is 0 Å². The molecule has 1 aliphatic rings. The Bertz CT molecular complexity index is 202. The van der Waals surface area contributed by atoms with Gasteiger partial charge >= 0.3 is 6.47 Å². The SMILES string of the molecule is O=[C]ON1C(=O)C=CC1=O. The first kappa shape index (κ1) is 6.47. The van der Waals surface area contributed by atoms with Gasteiger partial charge in [0.1, 0.15) is 0 Å². The minimum Gasteiger partial charge on any atom is -0.318 e. The molecule has 0 spiro atoms. The summed E-state index contributed by atoms with van der Waals surface area (Å²) >= 11 is 0. The van der Waals surface area contributed by atoms with Gasteiger partial charge in [-0.2, -0.15) is 0 Å². The molecule has 0 saturated carbocycles. The maximum Gasteiger partial charge on any atom is 0.444 e. The number of rotatable bonds is 2. The van der Waals surface area contributed by atoms with Crippen LogP contribution >= 0.6 is 0 Å². The number of hydroxylamine groups is 2. The maximum absolute atomic E-state index is 10.5. The Morgan fingerprint density at radius 2 is 1.80 bits per heavy atom. The molecule has 10 heavy (non-hydrogen) atoms. The number of hydrogen-bond donors (Lipinski definition) is 0. The molecule has 0 saturated heterocycles. The summed E-state index contributed by atoms with van der Waals surface area (Å²) in [6.07, 6.45) is 2.00. The lowest BCUT2D eigenvalue weighted by Gasteiger charge is -2.05. The van der Waals surface area contributed by atoms with E-state index >= 15 is 0 Å². The van der Waals surface area contributed by atoms with Crippen LogP contribution in [-0.4, -0.2) is 23.3 Å². The molecule has 5 heteroatoms.